The molecule has 9 heavy (non-hydrogen) atoms. The highest BCUT2D eigenvalue weighted by molar-refractivity contribution is 5.83. The number of methoxy groups -OCH3 is 1. The van der Waals surface area contributed by atoms with E-state index in [0.29, 0.717) is 6.61 Å². The Morgan fingerprint density at radius 2 is 2.56 bits per heavy atom. The fourth-order valence-electron chi connectivity index (χ4n) is 0.580. The standard InChI is InChI=1S/C4H10N4O/c1-8-6-4(3-9-2)5-7-8/h7H,3H2,1-2H3,(H,5,6). The maximum absolute atomic E-state index is 4.81. The second-order valence-electron chi connectivity index (χ2n) is 1.76. The van der Waals surface area contributed by atoms with Gasteiger partial charge in [0.05, 0.1) is 0 Å². The van der Waals surface area contributed by atoms with Crippen LogP contribution in [0.3, 0.4) is 0 Å². The van der Waals surface area contributed by atoms with Gasteiger partial charge in [-0.15, -0.1) is 10.2 Å². The quantitative estimate of drug-likeness (QED) is 0.498. The first kappa shape index (κ1) is 6.31. The van der Waals surface area contributed by atoms with Gasteiger partial charge in [-0.05, 0) is 0 Å². The van der Waals surface area contributed by atoms with E-state index in [4.69, 9.17) is 4.74 Å². The lowest BCUT2D eigenvalue weighted by molar-refractivity contribution is 0.217. The zero-order valence-corrected chi connectivity index (χ0v) is 5.51. The van der Waals surface area contributed by atoms with E-state index >= 15 is 0 Å². The van der Waals surface area contributed by atoms with Crippen molar-refractivity contribution in [2.24, 2.45) is 5.10 Å². The molecule has 0 atom stereocenters. The predicted octanol–water partition coefficient (Wildman–Crippen LogP) is -1.10. The van der Waals surface area contributed by atoms with E-state index in [1.54, 1.807) is 12.2 Å². The van der Waals surface area contributed by atoms with Crippen LogP contribution in [0.15, 0.2) is 5.10 Å². The topological polar surface area (TPSA) is 48.9 Å². The van der Waals surface area contributed by atoms with Crippen LogP contribution < -0.4 is 11.0 Å². The molecular formula is C4H10N4O. The number of rotatable bonds is 2. The number of ether oxygens (including phenoxy) is 1. The van der Waals surface area contributed by atoms with Crippen molar-refractivity contribution in [1.82, 2.24) is 16.1 Å². The van der Waals surface area contributed by atoms with Crippen molar-refractivity contribution in [2.45, 2.75) is 0 Å². The summed E-state index contributed by atoms with van der Waals surface area (Å²) in [6, 6.07) is 0. The first-order valence-corrected chi connectivity index (χ1v) is 2.64. The maximum atomic E-state index is 4.81. The van der Waals surface area contributed by atoms with E-state index in [1.165, 1.54) is 0 Å². The Morgan fingerprint density at radius 1 is 1.78 bits per heavy atom. The van der Waals surface area contributed by atoms with Gasteiger partial charge in [0.25, 0.3) is 0 Å². The van der Waals surface area contributed by atoms with Gasteiger partial charge >= 0.3 is 0 Å². The van der Waals surface area contributed by atoms with Crippen LogP contribution in [0.2, 0.25) is 0 Å². The molecule has 1 rings (SSSR count). The van der Waals surface area contributed by atoms with Crippen molar-refractivity contribution in [3.8, 4) is 0 Å². The minimum absolute atomic E-state index is 0.511. The minimum Gasteiger partial charge on any atom is -0.377 e. The van der Waals surface area contributed by atoms with Gasteiger partial charge in [-0.1, -0.05) is 0 Å². The monoisotopic (exact) mass is 130 g/mol. The summed E-state index contributed by atoms with van der Waals surface area (Å²) in [7, 11) is 3.45. The van der Waals surface area contributed by atoms with Gasteiger partial charge < -0.3 is 4.74 Å². The lowest BCUT2D eigenvalue weighted by atomic mass is 10.7. The molecule has 0 radical (unpaired) electrons. The van der Waals surface area contributed by atoms with E-state index in [2.05, 4.69) is 16.1 Å². The smallest absolute Gasteiger partial charge is 0.165 e. The zero-order valence-electron chi connectivity index (χ0n) is 5.51. The number of hydrogen-bond acceptors (Lipinski definition) is 5. The van der Waals surface area contributed by atoms with Crippen LogP contribution in [0.25, 0.3) is 0 Å². The second kappa shape index (κ2) is 2.65. The number of amidine groups is 1. The van der Waals surface area contributed by atoms with Gasteiger partial charge in [0.1, 0.15) is 6.61 Å². The van der Waals surface area contributed by atoms with Gasteiger partial charge in [-0.3, -0.25) is 5.43 Å². The van der Waals surface area contributed by atoms with Crippen LogP contribution >= 0.6 is 0 Å². The number of hydrazone groups is 1. The molecule has 0 saturated heterocycles. The molecule has 0 bridgehead atoms. The van der Waals surface area contributed by atoms with Crippen LogP contribution in [-0.4, -0.2) is 31.7 Å². The number of nitrogens with one attached hydrogen (secondary N) is 2. The number of hydrogen-bond donors (Lipinski definition) is 2. The highest BCUT2D eigenvalue weighted by atomic mass is 16.5. The van der Waals surface area contributed by atoms with E-state index in [-0.39, 0.29) is 0 Å². The maximum Gasteiger partial charge on any atom is 0.165 e. The van der Waals surface area contributed by atoms with Crippen LogP contribution in [0.4, 0.5) is 0 Å². The van der Waals surface area contributed by atoms with E-state index in [9.17, 15) is 0 Å². The summed E-state index contributed by atoms with van der Waals surface area (Å²) in [5.74, 6) is 0.792. The summed E-state index contributed by atoms with van der Waals surface area (Å²) in [4.78, 5) is 0. The van der Waals surface area contributed by atoms with E-state index in [1.807, 2.05) is 7.05 Å². The average Bonchev–Trinajstić information content (AvgIpc) is 2.17. The number of hydrazine groups is 2. The van der Waals surface area contributed by atoms with Crippen molar-refractivity contribution in [3.05, 3.63) is 0 Å². The largest absolute Gasteiger partial charge is 0.377 e. The van der Waals surface area contributed by atoms with Crippen LogP contribution in [0, 0.1) is 0 Å². The van der Waals surface area contributed by atoms with Gasteiger partial charge in [0.15, 0.2) is 5.84 Å². The van der Waals surface area contributed by atoms with Crippen LogP contribution in [0.5, 0.6) is 0 Å². The van der Waals surface area contributed by atoms with Gasteiger partial charge in [0, 0.05) is 14.2 Å². The van der Waals surface area contributed by atoms with Gasteiger partial charge in [-0.25, -0.2) is 5.53 Å². The molecule has 1 aliphatic heterocycles. The summed E-state index contributed by atoms with van der Waals surface area (Å²) in [5.41, 5.74) is 5.59. The third kappa shape index (κ3) is 1.55. The summed E-state index contributed by atoms with van der Waals surface area (Å²) < 4.78 is 4.81. The SMILES string of the molecule is COCC1=NNN(C)N1. The molecule has 1 aliphatic rings. The van der Waals surface area contributed by atoms with Crippen molar-refractivity contribution in [2.75, 3.05) is 20.8 Å². The first-order valence-electron chi connectivity index (χ1n) is 2.64. The molecule has 0 aromatic carbocycles. The average molecular weight is 130 g/mol. The van der Waals surface area contributed by atoms with E-state index < -0.39 is 0 Å². The number of nitrogens with zero attached hydrogens (tertiary/aromatic N) is 2. The predicted molar refractivity (Wildman–Crippen MR) is 33.3 cm³/mol. The Labute approximate surface area is 53.6 Å². The summed E-state index contributed by atoms with van der Waals surface area (Å²) >= 11 is 0. The molecule has 0 spiro atoms. The molecule has 0 aromatic rings. The molecule has 1 heterocycles. The van der Waals surface area contributed by atoms with Crippen molar-refractivity contribution in [3.63, 3.8) is 0 Å². The third-order valence-corrected chi connectivity index (χ3v) is 0.913. The summed E-state index contributed by atoms with van der Waals surface area (Å²) in [6.45, 7) is 0.511. The van der Waals surface area contributed by atoms with Crippen LogP contribution in [-0.2, 0) is 4.74 Å². The molecule has 0 saturated carbocycles. The molecule has 0 amide bonds. The Kier molecular flexibility index (Phi) is 1.86. The fraction of sp³-hybridized carbons (Fsp3) is 0.750. The third-order valence-electron chi connectivity index (χ3n) is 0.913. The zero-order chi connectivity index (χ0) is 6.69. The van der Waals surface area contributed by atoms with Gasteiger partial charge in [-0.2, -0.15) is 0 Å². The molecule has 5 heteroatoms. The second-order valence-corrected chi connectivity index (χ2v) is 1.76. The van der Waals surface area contributed by atoms with Gasteiger partial charge in [0.2, 0.25) is 0 Å². The molecular weight excluding hydrogens is 120 g/mol. The van der Waals surface area contributed by atoms with Crippen molar-refractivity contribution < 1.29 is 4.74 Å². The lowest BCUT2D eigenvalue weighted by Crippen LogP contribution is -2.38. The fourth-order valence-corrected chi connectivity index (χ4v) is 0.580. The molecule has 52 valence electrons. The molecule has 0 aliphatic carbocycles. The summed E-state index contributed by atoms with van der Waals surface area (Å²) in [5, 5.41) is 5.51. The Balaban J connectivity index is 2.27. The molecule has 0 unspecified atom stereocenters. The highest BCUT2D eigenvalue weighted by Crippen LogP contribution is 1.82. The normalized spacial score (nSPS) is 18.7. The summed E-state index contributed by atoms with van der Waals surface area (Å²) in [6.07, 6.45) is 0. The minimum atomic E-state index is 0.511. The molecule has 0 fully saturated rings. The Bertz CT molecular complexity index is 124. The Morgan fingerprint density at radius 3 is 3.00 bits per heavy atom. The van der Waals surface area contributed by atoms with E-state index in [0.717, 1.165) is 5.84 Å². The first-order chi connectivity index (χ1) is 4.33. The van der Waals surface area contributed by atoms with Crippen molar-refractivity contribution in [1.29, 1.82) is 0 Å². The highest BCUT2D eigenvalue weighted by Gasteiger charge is 2.07. The van der Waals surface area contributed by atoms with Crippen LogP contribution in [0.1, 0.15) is 0 Å². The lowest BCUT2D eigenvalue weighted by Gasteiger charge is -2.06. The molecule has 2 N–H and O–H groups in total. The molecule has 5 nitrogen and oxygen atoms in total. The Hall–Kier alpha value is -0.810. The van der Waals surface area contributed by atoms with Crippen molar-refractivity contribution >= 4 is 5.84 Å². The molecule has 0 aromatic heterocycles.